The van der Waals surface area contributed by atoms with Gasteiger partial charge in [0.1, 0.15) is 11.4 Å². The van der Waals surface area contributed by atoms with E-state index in [1.807, 2.05) is 0 Å². The van der Waals surface area contributed by atoms with Gasteiger partial charge < -0.3 is 10.4 Å². The lowest BCUT2D eigenvalue weighted by Crippen LogP contribution is -2.24. The predicted molar refractivity (Wildman–Crippen MR) is 104 cm³/mol. The molecule has 3 N–H and O–H groups in total. The molecule has 0 spiro atoms. The first-order valence-corrected chi connectivity index (χ1v) is 8.39. The van der Waals surface area contributed by atoms with Crippen LogP contribution in [0.25, 0.3) is 0 Å². The maximum atomic E-state index is 10.9. The third-order valence-corrected chi connectivity index (χ3v) is 4.03. The fourth-order valence-electron chi connectivity index (χ4n) is 1.73. The van der Waals surface area contributed by atoms with Gasteiger partial charge >= 0.3 is 0 Å². The zero-order valence-electron chi connectivity index (χ0n) is 11.9. The molecule has 0 aliphatic heterocycles. The minimum Gasteiger partial charge on any atom is -0.506 e. The Kier molecular flexibility index (Phi) is 6.23. The lowest BCUT2D eigenvalue weighted by molar-refractivity contribution is -0.383. The average Bonchev–Trinajstić information content (AvgIpc) is 2.52. The van der Waals surface area contributed by atoms with Gasteiger partial charge in [0, 0.05) is 16.1 Å². The van der Waals surface area contributed by atoms with Crippen molar-refractivity contribution in [2.75, 3.05) is 5.32 Å². The van der Waals surface area contributed by atoms with E-state index >= 15 is 0 Å². The van der Waals surface area contributed by atoms with Crippen molar-refractivity contribution in [3.8, 4) is 5.75 Å². The van der Waals surface area contributed by atoms with E-state index in [-0.39, 0.29) is 22.2 Å². The lowest BCUT2D eigenvalue weighted by Gasteiger charge is -2.07. The number of phenols is 1. The molecule has 0 radical (unpaired) electrons. The number of para-hydroxylation sites is 2. The summed E-state index contributed by atoms with van der Waals surface area (Å²) in [4.78, 5) is 10.4. The van der Waals surface area contributed by atoms with Crippen molar-refractivity contribution in [2.45, 2.75) is 0 Å². The molecule has 7 nitrogen and oxygen atoms in total. The van der Waals surface area contributed by atoms with Crippen LogP contribution < -0.4 is 10.7 Å². The highest BCUT2D eigenvalue weighted by atomic mass is 79.9. The Morgan fingerprint density at radius 1 is 1.33 bits per heavy atom. The molecule has 2 aromatic rings. The fraction of sp³-hybridized carbons (Fsp3) is 0. The molecule has 0 atom stereocenters. The van der Waals surface area contributed by atoms with Crippen molar-refractivity contribution >= 4 is 66.8 Å². The first-order valence-electron chi connectivity index (χ1n) is 6.40. The summed E-state index contributed by atoms with van der Waals surface area (Å²) in [6.45, 7) is 0. The summed E-state index contributed by atoms with van der Waals surface area (Å²) in [5.41, 5.74) is 3.15. The van der Waals surface area contributed by atoms with Crippen molar-refractivity contribution in [1.82, 2.24) is 5.43 Å². The average molecular weight is 474 g/mol. The van der Waals surface area contributed by atoms with E-state index < -0.39 is 4.92 Å². The van der Waals surface area contributed by atoms with Crippen LogP contribution in [0.15, 0.2) is 50.4 Å². The zero-order valence-corrected chi connectivity index (χ0v) is 15.9. The first kappa shape index (κ1) is 18.3. The smallest absolute Gasteiger partial charge is 0.292 e. The largest absolute Gasteiger partial charge is 0.506 e. The van der Waals surface area contributed by atoms with Crippen LogP contribution in [0.1, 0.15) is 5.56 Å². The molecule has 0 bridgehead atoms. The van der Waals surface area contributed by atoms with Crippen LogP contribution in [0.5, 0.6) is 5.75 Å². The van der Waals surface area contributed by atoms with Gasteiger partial charge in [0.15, 0.2) is 5.11 Å². The number of benzene rings is 2. The second-order valence-electron chi connectivity index (χ2n) is 4.42. The topological polar surface area (TPSA) is 99.8 Å². The molecule has 0 saturated heterocycles. The molecule has 0 aliphatic rings. The van der Waals surface area contributed by atoms with Crippen molar-refractivity contribution in [3.63, 3.8) is 0 Å². The Balaban J connectivity index is 2.06. The molecule has 0 amide bonds. The summed E-state index contributed by atoms with van der Waals surface area (Å²) in [6.07, 6.45) is 1.37. The number of hydrogen-bond donors (Lipinski definition) is 3. The van der Waals surface area contributed by atoms with E-state index in [1.54, 1.807) is 24.3 Å². The molecular formula is C14H10Br2N4O3S. The predicted octanol–water partition coefficient (Wildman–Crippen LogP) is 4.15. The third-order valence-electron chi connectivity index (χ3n) is 2.78. The summed E-state index contributed by atoms with van der Waals surface area (Å²) in [5.74, 6) is 0.0290. The molecule has 0 aliphatic carbocycles. The van der Waals surface area contributed by atoms with Gasteiger partial charge in [0.05, 0.1) is 15.6 Å². The van der Waals surface area contributed by atoms with E-state index in [2.05, 4.69) is 47.7 Å². The number of anilines is 1. The molecular weight excluding hydrogens is 464 g/mol. The van der Waals surface area contributed by atoms with Crippen LogP contribution in [0, 0.1) is 10.1 Å². The molecule has 0 heterocycles. The van der Waals surface area contributed by atoms with Gasteiger partial charge in [0.2, 0.25) is 0 Å². The molecule has 0 unspecified atom stereocenters. The van der Waals surface area contributed by atoms with E-state index in [1.165, 1.54) is 18.3 Å². The molecule has 0 saturated carbocycles. The number of thiocarbonyl (C=S) groups is 1. The van der Waals surface area contributed by atoms with Crippen LogP contribution in [-0.4, -0.2) is 21.4 Å². The SMILES string of the molecule is O=[N+]([O-])c1ccccc1NC(=S)N/N=C/c1cc(Br)cc(Br)c1O. The maximum absolute atomic E-state index is 10.9. The summed E-state index contributed by atoms with van der Waals surface area (Å²) in [7, 11) is 0. The first-order chi connectivity index (χ1) is 11.4. The Hall–Kier alpha value is -2.04. The molecule has 124 valence electrons. The second-order valence-corrected chi connectivity index (χ2v) is 6.60. The summed E-state index contributed by atoms with van der Waals surface area (Å²) >= 11 is 11.6. The van der Waals surface area contributed by atoms with Gasteiger partial charge in [-0.3, -0.25) is 15.5 Å². The number of rotatable bonds is 4. The van der Waals surface area contributed by atoms with Crippen LogP contribution in [0.4, 0.5) is 11.4 Å². The van der Waals surface area contributed by atoms with E-state index in [0.717, 1.165) is 4.47 Å². The van der Waals surface area contributed by atoms with Crippen LogP contribution in [-0.2, 0) is 0 Å². The van der Waals surface area contributed by atoms with Crippen molar-refractivity contribution in [1.29, 1.82) is 0 Å². The minimum atomic E-state index is -0.509. The van der Waals surface area contributed by atoms with Gasteiger partial charge in [-0.2, -0.15) is 5.10 Å². The number of hydrogen-bond acceptors (Lipinski definition) is 5. The van der Waals surface area contributed by atoms with Gasteiger partial charge in [-0.25, -0.2) is 0 Å². The number of nitro groups is 1. The highest BCUT2D eigenvalue weighted by Gasteiger charge is 2.12. The van der Waals surface area contributed by atoms with Crippen molar-refractivity contribution in [2.24, 2.45) is 5.10 Å². The second kappa shape index (κ2) is 8.18. The van der Waals surface area contributed by atoms with Crippen LogP contribution in [0.3, 0.4) is 0 Å². The quantitative estimate of drug-likeness (QED) is 0.267. The number of nitro benzene ring substituents is 1. The van der Waals surface area contributed by atoms with Crippen LogP contribution in [0.2, 0.25) is 0 Å². The standard InChI is InChI=1S/C14H10Br2N4O3S/c15-9-5-8(13(21)10(16)6-9)7-17-19-14(24)18-11-3-1-2-4-12(11)20(22)23/h1-7,21H,(H2,18,19,24)/b17-7+. The Morgan fingerprint density at radius 3 is 2.75 bits per heavy atom. The molecule has 10 heteroatoms. The van der Waals surface area contributed by atoms with E-state index in [9.17, 15) is 15.2 Å². The van der Waals surface area contributed by atoms with Gasteiger partial charge in [-0.1, -0.05) is 28.1 Å². The number of hydrazone groups is 1. The monoisotopic (exact) mass is 472 g/mol. The minimum absolute atomic E-state index is 0.0290. The van der Waals surface area contributed by atoms with E-state index in [0.29, 0.717) is 10.0 Å². The van der Waals surface area contributed by atoms with E-state index in [4.69, 9.17) is 12.2 Å². The zero-order chi connectivity index (χ0) is 17.7. The number of phenolic OH excluding ortho intramolecular Hbond substituents is 1. The normalized spacial score (nSPS) is 10.6. The Morgan fingerprint density at radius 2 is 2.04 bits per heavy atom. The van der Waals surface area contributed by atoms with Gasteiger partial charge in [-0.15, -0.1) is 0 Å². The van der Waals surface area contributed by atoms with Crippen LogP contribution >= 0.6 is 44.1 Å². The summed E-state index contributed by atoms with van der Waals surface area (Å²) in [5, 5.41) is 27.5. The number of halogens is 2. The number of aromatic hydroxyl groups is 1. The molecule has 2 aromatic carbocycles. The lowest BCUT2D eigenvalue weighted by atomic mass is 10.2. The molecule has 0 aromatic heterocycles. The highest BCUT2D eigenvalue weighted by molar-refractivity contribution is 9.11. The van der Waals surface area contributed by atoms with Crippen molar-refractivity contribution < 1.29 is 10.0 Å². The van der Waals surface area contributed by atoms with Gasteiger partial charge in [-0.05, 0) is 46.3 Å². The molecule has 24 heavy (non-hydrogen) atoms. The molecule has 0 fully saturated rings. The summed E-state index contributed by atoms with van der Waals surface area (Å²) < 4.78 is 1.27. The molecule has 2 rings (SSSR count). The Labute approximate surface area is 159 Å². The highest BCUT2D eigenvalue weighted by Crippen LogP contribution is 2.30. The maximum Gasteiger partial charge on any atom is 0.292 e. The fourth-order valence-corrected chi connectivity index (χ4v) is 3.15. The van der Waals surface area contributed by atoms with Gasteiger partial charge in [0.25, 0.3) is 5.69 Å². The summed E-state index contributed by atoms with van der Waals surface area (Å²) in [6, 6.07) is 9.48. The van der Waals surface area contributed by atoms with Crippen molar-refractivity contribution in [3.05, 3.63) is 61.0 Å². The third kappa shape index (κ3) is 4.73. The number of nitrogens with zero attached hydrogens (tertiary/aromatic N) is 2. The number of nitrogens with one attached hydrogen (secondary N) is 2. The Bertz CT molecular complexity index is 830.